The number of aliphatic hydroxyl groups is 11. The first kappa shape index (κ1) is 38.2. The second-order valence-corrected chi connectivity index (χ2v) is 11.2. The summed E-state index contributed by atoms with van der Waals surface area (Å²) in [4.78, 5) is 36.3. The second kappa shape index (κ2) is 14.5. The topological polar surface area (TPSA) is 381 Å². The largest absolute Gasteiger partial charge is 0.477 e. The van der Waals surface area contributed by atoms with Crippen molar-refractivity contribution in [1.82, 2.24) is 0 Å². The van der Waals surface area contributed by atoms with E-state index in [-0.39, 0.29) is 0 Å². The van der Waals surface area contributed by atoms with E-state index in [1.54, 1.807) is 0 Å². The third-order valence-electron chi connectivity index (χ3n) is 7.92. The monoisotopic (exact) mass is 678 g/mol. The van der Waals surface area contributed by atoms with Crippen LogP contribution in [0.5, 0.6) is 0 Å². The molecular formula is C24H38O22. The van der Waals surface area contributed by atoms with Crippen LogP contribution in [-0.4, -0.2) is 200 Å². The zero-order valence-corrected chi connectivity index (χ0v) is 23.7. The van der Waals surface area contributed by atoms with Crippen molar-refractivity contribution in [2.75, 3.05) is 19.8 Å². The fourth-order valence-corrected chi connectivity index (χ4v) is 5.34. The van der Waals surface area contributed by atoms with Crippen molar-refractivity contribution in [2.45, 2.75) is 110 Å². The summed E-state index contributed by atoms with van der Waals surface area (Å²) in [6.07, 6.45) is -28.1. The number of carbonyl (C=O) groups is 3. The van der Waals surface area contributed by atoms with E-state index in [1.807, 2.05) is 0 Å². The summed E-state index contributed by atoms with van der Waals surface area (Å²) >= 11 is 0. The predicted molar refractivity (Wildman–Crippen MR) is 135 cm³/mol. The third-order valence-corrected chi connectivity index (χ3v) is 7.92. The average molecular weight is 679 g/mol. The van der Waals surface area contributed by atoms with E-state index in [9.17, 15) is 85.9 Å². The van der Waals surface area contributed by atoms with Crippen LogP contribution in [0.1, 0.15) is 19.3 Å². The van der Waals surface area contributed by atoms with E-state index < -0.39 is 148 Å². The smallest absolute Gasteiger partial charge is 0.364 e. The van der Waals surface area contributed by atoms with Crippen molar-refractivity contribution in [3.8, 4) is 0 Å². The Morgan fingerprint density at radius 3 is 1.54 bits per heavy atom. The molecule has 3 rings (SSSR count). The Hall–Kier alpha value is -2.23. The zero-order valence-electron chi connectivity index (χ0n) is 23.7. The molecule has 266 valence electrons. The van der Waals surface area contributed by atoms with Crippen LogP contribution < -0.4 is 0 Å². The molecule has 22 nitrogen and oxygen atoms in total. The van der Waals surface area contributed by atoms with Crippen molar-refractivity contribution < 1.29 is 110 Å². The zero-order chi connectivity index (χ0) is 34.9. The van der Waals surface area contributed by atoms with Gasteiger partial charge in [-0.3, -0.25) is 0 Å². The number of hydrogen-bond donors (Lipinski definition) is 14. The summed E-state index contributed by atoms with van der Waals surface area (Å²) in [5.41, 5.74) is 0. The number of ether oxygens (including phenoxy) is 5. The van der Waals surface area contributed by atoms with Gasteiger partial charge in [-0.1, -0.05) is 0 Å². The molecule has 0 bridgehead atoms. The lowest BCUT2D eigenvalue weighted by Gasteiger charge is -2.49. The molecule has 0 spiro atoms. The lowest BCUT2D eigenvalue weighted by molar-refractivity contribution is -0.372. The van der Waals surface area contributed by atoms with Gasteiger partial charge in [-0.05, 0) is 0 Å². The van der Waals surface area contributed by atoms with Gasteiger partial charge in [-0.15, -0.1) is 0 Å². The Morgan fingerprint density at radius 1 is 0.652 bits per heavy atom. The van der Waals surface area contributed by atoms with Gasteiger partial charge in [0.1, 0.15) is 54.9 Å². The van der Waals surface area contributed by atoms with Crippen LogP contribution in [0.3, 0.4) is 0 Å². The van der Waals surface area contributed by atoms with Gasteiger partial charge in [0.15, 0.2) is 0 Å². The summed E-state index contributed by atoms with van der Waals surface area (Å²) in [6, 6.07) is 0. The summed E-state index contributed by atoms with van der Waals surface area (Å²) in [5.74, 6) is -15.4. The molecule has 3 aliphatic heterocycles. The van der Waals surface area contributed by atoms with Gasteiger partial charge in [0.2, 0.25) is 0 Å². The van der Waals surface area contributed by atoms with Crippen molar-refractivity contribution in [1.29, 1.82) is 0 Å². The summed E-state index contributed by atoms with van der Waals surface area (Å²) in [7, 11) is 0. The highest BCUT2D eigenvalue weighted by Gasteiger charge is 2.61. The molecule has 3 heterocycles. The maximum absolute atomic E-state index is 12.5. The first-order valence-electron chi connectivity index (χ1n) is 13.7. The molecule has 3 saturated heterocycles. The number of aliphatic carboxylic acids is 3. The lowest BCUT2D eigenvalue weighted by atomic mass is 9.90. The molecule has 0 aliphatic carbocycles. The number of rotatable bonds is 13. The Labute approximate surface area is 257 Å². The number of hydrogen-bond acceptors (Lipinski definition) is 19. The maximum atomic E-state index is 12.5. The molecule has 3 fully saturated rings. The average Bonchev–Trinajstić information content (AvgIpc) is 2.99. The minimum atomic E-state index is -3.21. The number of carboxylic acids is 3. The molecule has 0 aromatic heterocycles. The van der Waals surface area contributed by atoms with Crippen LogP contribution in [-0.2, 0) is 38.1 Å². The van der Waals surface area contributed by atoms with Gasteiger partial charge in [0.25, 0.3) is 17.4 Å². The Kier molecular flexibility index (Phi) is 12.0. The van der Waals surface area contributed by atoms with Gasteiger partial charge in [0.05, 0.1) is 38.1 Å². The minimum Gasteiger partial charge on any atom is -0.477 e. The Balaban J connectivity index is 1.88. The van der Waals surface area contributed by atoms with E-state index >= 15 is 0 Å². The van der Waals surface area contributed by atoms with Crippen molar-refractivity contribution in [3.63, 3.8) is 0 Å². The molecule has 0 radical (unpaired) electrons. The maximum Gasteiger partial charge on any atom is 0.364 e. The summed E-state index contributed by atoms with van der Waals surface area (Å²) in [5, 5.41) is 141. The number of carboxylic acid groups (broad SMARTS) is 3. The van der Waals surface area contributed by atoms with Crippen LogP contribution >= 0.6 is 0 Å². The Morgan fingerprint density at radius 2 is 1.09 bits per heavy atom. The van der Waals surface area contributed by atoms with Crippen LogP contribution in [0.15, 0.2) is 0 Å². The fourth-order valence-electron chi connectivity index (χ4n) is 5.34. The van der Waals surface area contributed by atoms with E-state index in [4.69, 9.17) is 23.7 Å². The highest BCUT2D eigenvalue weighted by atomic mass is 16.8. The van der Waals surface area contributed by atoms with Crippen molar-refractivity contribution in [3.05, 3.63) is 0 Å². The Bertz CT molecular complexity index is 1090. The van der Waals surface area contributed by atoms with Gasteiger partial charge >= 0.3 is 17.9 Å². The van der Waals surface area contributed by atoms with E-state index in [2.05, 4.69) is 0 Å². The number of aliphatic hydroxyl groups excluding tert-OH is 10. The van der Waals surface area contributed by atoms with Gasteiger partial charge in [-0.2, -0.15) is 0 Å². The molecule has 0 saturated carbocycles. The van der Waals surface area contributed by atoms with Gasteiger partial charge < -0.3 is 95.2 Å². The molecule has 0 aromatic carbocycles. The molecule has 0 aromatic rings. The van der Waals surface area contributed by atoms with Gasteiger partial charge in [-0.25, -0.2) is 14.4 Å². The lowest BCUT2D eigenvalue weighted by Crippen LogP contribution is -2.67. The van der Waals surface area contributed by atoms with Crippen LogP contribution in [0.25, 0.3) is 0 Å². The fraction of sp³-hybridized carbons (Fsp3) is 0.875. The van der Waals surface area contributed by atoms with E-state index in [0.717, 1.165) is 0 Å². The first-order valence-corrected chi connectivity index (χ1v) is 13.7. The third kappa shape index (κ3) is 7.41. The summed E-state index contributed by atoms with van der Waals surface area (Å²) < 4.78 is 25.9. The molecule has 22 heteroatoms. The summed E-state index contributed by atoms with van der Waals surface area (Å²) in [6.45, 7) is -3.40. The second-order valence-electron chi connectivity index (χ2n) is 11.2. The SMILES string of the molecule is O=C(O)[C@@]1(O[C@@H]2C[C@@](O)(C(=O)O)O[C@H]([C@H](O)CO)[C@@H]2O)C[C@@H](O)[C@@H](O)[C@@H]([C@H](O)CO[C@]2(C(=O)O)C[C@@H](O)[C@@H](O)[C@@H]([C@H](O)CO)O2)O1. The molecule has 15 atom stereocenters. The first-order chi connectivity index (χ1) is 21.3. The van der Waals surface area contributed by atoms with Crippen molar-refractivity contribution >= 4 is 17.9 Å². The van der Waals surface area contributed by atoms with Crippen LogP contribution in [0.4, 0.5) is 0 Å². The van der Waals surface area contributed by atoms with Crippen LogP contribution in [0, 0.1) is 0 Å². The van der Waals surface area contributed by atoms with Crippen molar-refractivity contribution in [2.24, 2.45) is 0 Å². The minimum absolute atomic E-state index is 1.00. The normalized spacial score (nSPS) is 43.8. The van der Waals surface area contributed by atoms with E-state index in [1.165, 1.54) is 0 Å². The molecule has 46 heavy (non-hydrogen) atoms. The predicted octanol–water partition coefficient (Wildman–Crippen LogP) is -8.04. The van der Waals surface area contributed by atoms with Gasteiger partial charge in [0, 0.05) is 19.3 Å². The quantitative estimate of drug-likeness (QED) is 0.0859. The molecule has 14 N–H and O–H groups in total. The van der Waals surface area contributed by atoms with E-state index in [0.29, 0.717) is 0 Å². The molecule has 0 unspecified atom stereocenters. The van der Waals surface area contributed by atoms with Crippen LogP contribution in [0.2, 0.25) is 0 Å². The standard InChI is InChI=1S/C24H38O22/c25-4-9(29)16-13(32)7(27)1-23(45-16,20(37)38)42-6-11(31)18-14(33)8(28)2-24(46-18,21(39)40)43-12-3-22(41,19(35)36)44-17(15(12)34)10(30)5-26/h7-18,25-34,41H,1-6H2,(H,35,36)(H,37,38)(H,39,40)/t7-,8-,9-,10-,11-,12-,13-,14-,15-,16-,17-,18-,22+,23-,24-/m1/s1. The highest BCUT2D eigenvalue weighted by Crippen LogP contribution is 2.39. The highest BCUT2D eigenvalue weighted by molar-refractivity contribution is 5.77. The molecular weight excluding hydrogens is 640 g/mol. The molecule has 0 amide bonds. The molecule has 3 aliphatic rings.